The van der Waals surface area contributed by atoms with Gasteiger partial charge in [0, 0.05) is 6.42 Å². The van der Waals surface area contributed by atoms with Gasteiger partial charge in [0.2, 0.25) is 0 Å². The van der Waals surface area contributed by atoms with Crippen LogP contribution in [0.3, 0.4) is 0 Å². The molecule has 0 fully saturated rings. The maximum atomic E-state index is 11.2. The number of aliphatic hydroxyl groups is 1. The lowest BCUT2D eigenvalue weighted by molar-refractivity contribution is -0.135. The average molecular weight is 222 g/mol. The van der Waals surface area contributed by atoms with E-state index in [2.05, 4.69) is 0 Å². The molecular formula is C12H14O4. The summed E-state index contributed by atoms with van der Waals surface area (Å²) in [7, 11) is 0. The van der Waals surface area contributed by atoms with Gasteiger partial charge < -0.3 is 14.6 Å². The number of hydrogen-bond donors (Lipinski definition) is 1. The molecule has 0 radical (unpaired) electrons. The minimum absolute atomic E-state index is 0.0346. The molecule has 0 amide bonds. The third-order valence-corrected chi connectivity index (χ3v) is 2.02. The van der Waals surface area contributed by atoms with Crippen LogP contribution in [0.15, 0.2) is 24.3 Å². The van der Waals surface area contributed by atoms with Gasteiger partial charge in [-0.1, -0.05) is 12.1 Å². The molecule has 0 saturated heterocycles. The van der Waals surface area contributed by atoms with E-state index >= 15 is 0 Å². The Labute approximate surface area is 93.9 Å². The predicted octanol–water partition coefficient (Wildman–Crippen LogP) is 1.45. The van der Waals surface area contributed by atoms with Crippen LogP contribution in [0.25, 0.3) is 0 Å². The Kier molecular flexibility index (Phi) is 4.66. The zero-order chi connectivity index (χ0) is 12.0. The highest BCUT2D eigenvalue weighted by Gasteiger charge is 2.06. The Hall–Kier alpha value is -1.68. The number of carbonyl (C=O) groups excluding carboxylic acids is 2. The van der Waals surface area contributed by atoms with Crippen molar-refractivity contribution in [1.82, 2.24) is 0 Å². The summed E-state index contributed by atoms with van der Waals surface area (Å²) < 4.78 is 4.99. The van der Waals surface area contributed by atoms with Gasteiger partial charge in [-0.05, 0) is 24.6 Å². The molecule has 1 aromatic carbocycles. The molecule has 0 heterocycles. The molecule has 0 aliphatic rings. The second-order valence-electron chi connectivity index (χ2n) is 3.48. The van der Waals surface area contributed by atoms with Gasteiger partial charge in [0.05, 0.1) is 13.0 Å². The summed E-state index contributed by atoms with van der Waals surface area (Å²) in [6.07, 6.45) is 0.296. The third kappa shape index (κ3) is 4.23. The molecule has 16 heavy (non-hydrogen) atoms. The predicted molar refractivity (Wildman–Crippen MR) is 57.9 cm³/mol. The fraction of sp³-hybridized carbons (Fsp3) is 0.333. The molecular weight excluding hydrogens is 208 g/mol. The lowest BCUT2D eigenvalue weighted by Gasteiger charge is -2.03. The van der Waals surface area contributed by atoms with Crippen molar-refractivity contribution in [2.75, 3.05) is 0 Å². The van der Waals surface area contributed by atoms with Crippen LogP contribution in [-0.4, -0.2) is 16.9 Å². The fourth-order valence-electron chi connectivity index (χ4n) is 1.12. The molecule has 0 saturated carbocycles. The minimum atomic E-state index is -0.424. The Morgan fingerprint density at radius 3 is 2.31 bits per heavy atom. The highest BCUT2D eigenvalue weighted by atomic mass is 16.5. The SMILES string of the molecule is CC(=O)CCC(=O)Oc1ccc(CO)cc1. The first-order valence-corrected chi connectivity index (χ1v) is 5.01. The lowest BCUT2D eigenvalue weighted by Crippen LogP contribution is -2.09. The maximum Gasteiger partial charge on any atom is 0.311 e. The zero-order valence-corrected chi connectivity index (χ0v) is 9.10. The van der Waals surface area contributed by atoms with Gasteiger partial charge in [-0.2, -0.15) is 0 Å². The van der Waals surface area contributed by atoms with E-state index in [1.165, 1.54) is 6.92 Å². The van der Waals surface area contributed by atoms with Crippen molar-refractivity contribution in [2.45, 2.75) is 26.4 Å². The average Bonchev–Trinajstić information content (AvgIpc) is 2.27. The summed E-state index contributed by atoms with van der Waals surface area (Å²) in [5, 5.41) is 8.81. The first-order chi connectivity index (χ1) is 7.61. The largest absolute Gasteiger partial charge is 0.427 e. The lowest BCUT2D eigenvalue weighted by atomic mass is 10.2. The standard InChI is InChI=1S/C12H14O4/c1-9(14)2-7-12(15)16-11-5-3-10(8-13)4-6-11/h3-6,13H,2,7-8H2,1H3. The van der Waals surface area contributed by atoms with Gasteiger partial charge in [0.25, 0.3) is 0 Å². The van der Waals surface area contributed by atoms with Gasteiger partial charge >= 0.3 is 5.97 Å². The molecule has 4 nitrogen and oxygen atoms in total. The Balaban J connectivity index is 2.46. The number of aliphatic hydroxyl groups excluding tert-OH is 1. The number of rotatable bonds is 5. The van der Waals surface area contributed by atoms with Crippen molar-refractivity contribution in [3.63, 3.8) is 0 Å². The van der Waals surface area contributed by atoms with E-state index in [0.29, 0.717) is 5.75 Å². The second-order valence-corrected chi connectivity index (χ2v) is 3.48. The number of carbonyl (C=O) groups is 2. The number of ether oxygens (including phenoxy) is 1. The van der Waals surface area contributed by atoms with Crippen molar-refractivity contribution in [3.05, 3.63) is 29.8 Å². The molecule has 0 unspecified atom stereocenters. The summed E-state index contributed by atoms with van der Waals surface area (Å²) in [6, 6.07) is 6.57. The molecule has 0 aliphatic heterocycles. The van der Waals surface area contributed by atoms with Gasteiger partial charge in [-0.25, -0.2) is 0 Å². The number of esters is 1. The molecule has 1 aromatic rings. The maximum absolute atomic E-state index is 11.2. The van der Waals surface area contributed by atoms with Crippen LogP contribution in [0.2, 0.25) is 0 Å². The summed E-state index contributed by atoms with van der Waals surface area (Å²) >= 11 is 0. The Morgan fingerprint density at radius 2 is 1.81 bits per heavy atom. The monoisotopic (exact) mass is 222 g/mol. The summed E-state index contributed by atoms with van der Waals surface area (Å²) in [4.78, 5) is 21.9. The summed E-state index contributed by atoms with van der Waals surface area (Å²) in [5.74, 6) is -0.0368. The summed E-state index contributed by atoms with van der Waals surface area (Å²) in [6.45, 7) is 1.39. The third-order valence-electron chi connectivity index (χ3n) is 2.02. The molecule has 1 rings (SSSR count). The second kappa shape index (κ2) is 6.02. The van der Waals surface area contributed by atoms with Crippen LogP contribution in [0, 0.1) is 0 Å². The van der Waals surface area contributed by atoms with Crippen LogP contribution in [0.1, 0.15) is 25.3 Å². The van der Waals surface area contributed by atoms with Gasteiger partial charge in [-0.15, -0.1) is 0 Å². The number of benzene rings is 1. The molecule has 0 spiro atoms. The number of ketones is 1. The Bertz CT molecular complexity index is 367. The van der Waals surface area contributed by atoms with E-state index < -0.39 is 5.97 Å². The van der Waals surface area contributed by atoms with Crippen molar-refractivity contribution in [3.8, 4) is 5.75 Å². The van der Waals surface area contributed by atoms with E-state index in [9.17, 15) is 9.59 Å². The van der Waals surface area contributed by atoms with E-state index in [4.69, 9.17) is 9.84 Å². The van der Waals surface area contributed by atoms with Crippen LogP contribution < -0.4 is 4.74 Å². The van der Waals surface area contributed by atoms with Crippen molar-refractivity contribution in [1.29, 1.82) is 0 Å². The highest BCUT2D eigenvalue weighted by Crippen LogP contribution is 2.13. The normalized spacial score (nSPS) is 9.88. The van der Waals surface area contributed by atoms with Crippen LogP contribution in [-0.2, 0) is 16.2 Å². The van der Waals surface area contributed by atoms with Gasteiger partial charge in [0.1, 0.15) is 11.5 Å². The van der Waals surface area contributed by atoms with Crippen molar-refractivity contribution < 1.29 is 19.4 Å². The number of Topliss-reactive ketones (excluding diaryl/α,β-unsaturated/α-hetero) is 1. The zero-order valence-electron chi connectivity index (χ0n) is 9.10. The summed E-state index contributed by atoms with van der Waals surface area (Å²) in [5.41, 5.74) is 0.753. The van der Waals surface area contributed by atoms with E-state index in [1.54, 1.807) is 24.3 Å². The van der Waals surface area contributed by atoms with E-state index in [0.717, 1.165) is 5.56 Å². The molecule has 0 aliphatic carbocycles. The van der Waals surface area contributed by atoms with Gasteiger partial charge in [0.15, 0.2) is 0 Å². The molecule has 0 atom stereocenters. The highest BCUT2D eigenvalue weighted by molar-refractivity contribution is 5.81. The quantitative estimate of drug-likeness (QED) is 0.605. The van der Waals surface area contributed by atoms with Crippen molar-refractivity contribution in [2.24, 2.45) is 0 Å². The molecule has 4 heteroatoms. The minimum Gasteiger partial charge on any atom is -0.427 e. The van der Waals surface area contributed by atoms with E-state index in [-0.39, 0.29) is 25.2 Å². The smallest absolute Gasteiger partial charge is 0.311 e. The van der Waals surface area contributed by atoms with Crippen molar-refractivity contribution >= 4 is 11.8 Å². The van der Waals surface area contributed by atoms with E-state index in [1.807, 2.05) is 0 Å². The fourth-order valence-corrected chi connectivity index (χ4v) is 1.12. The van der Waals surface area contributed by atoms with Crippen LogP contribution in [0.5, 0.6) is 5.75 Å². The first-order valence-electron chi connectivity index (χ1n) is 5.01. The van der Waals surface area contributed by atoms with Gasteiger partial charge in [-0.3, -0.25) is 4.79 Å². The molecule has 86 valence electrons. The molecule has 0 bridgehead atoms. The topological polar surface area (TPSA) is 63.6 Å². The van der Waals surface area contributed by atoms with Crippen LogP contribution in [0.4, 0.5) is 0 Å². The Morgan fingerprint density at radius 1 is 1.19 bits per heavy atom. The van der Waals surface area contributed by atoms with Crippen LogP contribution >= 0.6 is 0 Å². The molecule has 1 N–H and O–H groups in total. The first kappa shape index (κ1) is 12.4. The molecule has 0 aromatic heterocycles. The number of hydrogen-bond acceptors (Lipinski definition) is 4.